The SMILES string of the molecule is Cc1noc(C)c1C(C)NCC(=O)Nc1ccc(F)cc1. The molecule has 1 unspecified atom stereocenters. The lowest BCUT2D eigenvalue weighted by atomic mass is 10.1. The van der Waals surface area contributed by atoms with Gasteiger partial charge in [-0.25, -0.2) is 4.39 Å². The number of anilines is 1. The van der Waals surface area contributed by atoms with Gasteiger partial charge in [0.2, 0.25) is 5.91 Å². The highest BCUT2D eigenvalue weighted by Gasteiger charge is 2.16. The predicted molar refractivity (Wildman–Crippen MR) is 77.4 cm³/mol. The molecule has 2 aromatic rings. The Morgan fingerprint density at radius 1 is 1.33 bits per heavy atom. The van der Waals surface area contributed by atoms with E-state index in [-0.39, 0.29) is 24.3 Å². The van der Waals surface area contributed by atoms with Crippen molar-refractivity contribution in [2.75, 3.05) is 11.9 Å². The first kappa shape index (κ1) is 15.2. The van der Waals surface area contributed by atoms with Crippen molar-refractivity contribution in [3.05, 3.63) is 47.1 Å². The first-order chi connectivity index (χ1) is 9.97. The number of aryl methyl sites for hydroxylation is 2. The third kappa shape index (κ3) is 3.88. The van der Waals surface area contributed by atoms with Crippen molar-refractivity contribution >= 4 is 11.6 Å². The van der Waals surface area contributed by atoms with Crippen LogP contribution in [0.3, 0.4) is 0 Å². The molecule has 21 heavy (non-hydrogen) atoms. The average Bonchev–Trinajstić information content (AvgIpc) is 2.78. The van der Waals surface area contributed by atoms with E-state index >= 15 is 0 Å². The fourth-order valence-corrected chi connectivity index (χ4v) is 2.19. The standard InChI is InChI=1S/C15H18FN3O2/c1-9(15-10(2)19-21-11(15)3)17-8-14(20)18-13-6-4-12(16)5-7-13/h4-7,9,17H,8H2,1-3H3,(H,18,20). The number of hydrogen-bond donors (Lipinski definition) is 2. The molecule has 0 radical (unpaired) electrons. The molecular weight excluding hydrogens is 273 g/mol. The molecule has 1 heterocycles. The van der Waals surface area contributed by atoms with Gasteiger partial charge in [0.25, 0.3) is 0 Å². The lowest BCUT2D eigenvalue weighted by molar-refractivity contribution is -0.115. The maximum Gasteiger partial charge on any atom is 0.238 e. The Kier molecular flexibility index (Phi) is 4.70. The quantitative estimate of drug-likeness (QED) is 0.889. The monoisotopic (exact) mass is 291 g/mol. The third-order valence-corrected chi connectivity index (χ3v) is 3.22. The molecule has 1 aromatic carbocycles. The third-order valence-electron chi connectivity index (χ3n) is 3.22. The zero-order chi connectivity index (χ0) is 15.4. The molecule has 112 valence electrons. The summed E-state index contributed by atoms with van der Waals surface area (Å²) in [4.78, 5) is 11.8. The maximum absolute atomic E-state index is 12.8. The molecule has 1 amide bonds. The van der Waals surface area contributed by atoms with Crippen LogP contribution in [0.25, 0.3) is 0 Å². The number of amides is 1. The van der Waals surface area contributed by atoms with Crippen molar-refractivity contribution in [1.82, 2.24) is 10.5 Å². The number of benzene rings is 1. The van der Waals surface area contributed by atoms with Gasteiger partial charge in [-0.2, -0.15) is 0 Å². The first-order valence-corrected chi connectivity index (χ1v) is 6.69. The van der Waals surface area contributed by atoms with Crippen molar-refractivity contribution in [3.8, 4) is 0 Å². The Morgan fingerprint density at radius 2 is 2.00 bits per heavy atom. The lowest BCUT2D eigenvalue weighted by Crippen LogP contribution is -2.30. The normalized spacial score (nSPS) is 12.2. The van der Waals surface area contributed by atoms with Gasteiger partial charge in [0.1, 0.15) is 11.6 Å². The Bertz CT molecular complexity index is 603. The summed E-state index contributed by atoms with van der Waals surface area (Å²) in [6.45, 7) is 5.79. The second-order valence-electron chi connectivity index (χ2n) is 4.90. The van der Waals surface area contributed by atoms with Gasteiger partial charge in [-0.15, -0.1) is 0 Å². The molecular formula is C15H18FN3O2. The van der Waals surface area contributed by atoms with Crippen LogP contribution in [0.1, 0.15) is 30.0 Å². The molecule has 0 bridgehead atoms. The van der Waals surface area contributed by atoms with E-state index in [1.54, 1.807) is 0 Å². The number of rotatable bonds is 5. The van der Waals surface area contributed by atoms with Gasteiger partial charge in [-0.05, 0) is 45.0 Å². The molecule has 0 aliphatic carbocycles. The minimum Gasteiger partial charge on any atom is -0.361 e. The van der Waals surface area contributed by atoms with E-state index in [1.807, 2.05) is 20.8 Å². The van der Waals surface area contributed by atoms with Crippen molar-refractivity contribution in [2.24, 2.45) is 0 Å². The highest BCUT2D eigenvalue weighted by Crippen LogP contribution is 2.20. The van der Waals surface area contributed by atoms with Crippen LogP contribution in [0.4, 0.5) is 10.1 Å². The molecule has 6 heteroatoms. The molecule has 0 fully saturated rings. The molecule has 1 aromatic heterocycles. The van der Waals surface area contributed by atoms with Crippen LogP contribution in [-0.2, 0) is 4.79 Å². The van der Waals surface area contributed by atoms with Gasteiger partial charge >= 0.3 is 0 Å². The van der Waals surface area contributed by atoms with Gasteiger partial charge in [0, 0.05) is 17.3 Å². The molecule has 0 aliphatic rings. The van der Waals surface area contributed by atoms with E-state index in [0.717, 1.165) is 17.0 Å². The summed E-state index contributed by atoms with van der Waals surface area (Å²) in [5.41, 5.74) is 2.34. The summed E-state index contributed by atoms with van der Waals surface area (Å²) in [6.07, 6.45) is 0. The number of carbonyl (C=O) groups excluding carboxylic acids is 1. The van der Waals surface area contributed by atoms with Crippen LogP contribution in [0.15, 0.2) is 28.8 Å². The second kappa shape index (κ2) is 6.49. The summed E-state index contributed by atoms with van der Waals surface area (Å²) >= 11 is 0. The Balaban J connectivity index is 1.88. The lowest BCUT2D eigenvalue weighted by Gasteiger charge is -2.13. The molecule has 0 spiro atoms. The molecule has 2 N–H and O–H groups in total. The number of nitrogens with zero attached hydrogens (tertiary/aromatic N) is 1. The molecule has 1 atom stereocenters. The van der Waals surface area contributed by atoms with E-state index in [2.05, 4.69) is 15.8 Å². The van der Waals surface area contributed by atoms with E-state index in [1.165, 1.54) is 24.3 Å². The summed E-state index contributed by atoms with van der Waals surface area (Å²) in [5.74, 6) is 0.213. The second-order valence-corrected chi connectivity index (χ2v) is 4.90. The molecule has 2 rings (SSSR count). The maximum atomic E-state index is 12.8. The minimum absolute atomic E-state index is 0.0461. The molecule has 0 saturated carbocycles. The van der Waals surface area contributed by atoms with Gasteiger partial charge in [-0.3, -0.25) is 4.79 Å². The smallest absolute Gasteiger partial charge is 0.238 e. The fraction of sp³-hybridized carbons (Fsp3) is 0.333. The number of nitrogens with one attached hydrogen (secondary N) is 2. The van der Waals surface area contributed by atoms with Crippen LogP contribution < -0.4 is 10.6 Å². The number of halogens is 1. The van der Waals surface area contributed by atoms with Gasteiger partial charge < -0.3 is 15.2 Å². The topological polar surface area (TPSA) is 67.2 Å². The average molecular weight is 291 g/mol. The van der Waals surface area contributed by atoms with Crippen molar-refractivity contribution in [1.29, 1.82) is 0 Å². The predicted octanol–water partition coefficient (Wildman–Crippen LogP) is 2.72. The van der Waals surface area contributed by atoms with Gasteiger partial charge in [-0.1, -0.05) is 5.16 Å². The van der Waals surface area contributed by atoms with Gasteiger partial charge in [0.05, 0.1) is 12.2 Å². The van der Waals surface area contributed by atoms with Crippen LogP contribution in [0.5, 0.6) is 0 Å². The zero-order valence-corrected chi connectivity index (χ0v) is 12.2. The fourth-order valence-electron chi connectivity index (χ4n) is 2.19. The van der Waals surface area contributed by atoms with Gasteiger partial charge in [0.15, 0.2) is 0 Å². The Morgan fingerprint density at radius 3 is 2.57 bits per heavy atom. The van der Waals surface area contributed by atoms with Crippen molar-refractivity contribution in [2.45, 2.75) is 26.8 Å². The summed E-state index contributed by atoms with van der Waals surface area (Å²) in [6, 6.07) is 5.59. The van der Waals surface area contributed by atoms with Crippen LogP contribution in [0, 0.1) is 19.7 Å². The summed E-state index contributed by atoms with van der Waals surface area (Å²) < 4.78 is 17.9. The summed E-state index contributed by atoms with van der Waals surface area (Å²) in [7, 11) is 0. The van der Waals surface area contributed by atoms with E-state index in [9.17, 15) is 9.18 Å². The van der Waals surface area contributed by atoms with Crippen LogP contribution in [0.2, 0.25) is 0 Å². The zero-order valence-electron chi connectivity index (χ0n) is 12.2. The van der Waals surface area contributed by atoms with Crippen molar-refractivity contribution < 1.29 is 13.7 Å². The van der Waals surface area contributed by atoms with E-state index < -0.39 is 0 Å². The molecule has 0 aliphatic heterocycles. The minimum atomic E-state index is -0.335. The number of carbonyl (C=O) groups is 1. The summed E-state index contributed by atoms with van der Waals surface area (Å²) in [5, 5.41) is 9.69. The number of aromatic nitrogens is 1. The van der Waals surface area contributed by atoms with Crippen LogP contribution >= 0.6 is 0 Å². The largest absolute Gasteiger partial charge is 0.361 e. The van der Waals surface area contributed by atoms with Crippen LogP contribution in [-0.4, -0.2) is 17.6 Å². The van der Waals surface area contributed by atoms with E-state index in [0.29, 0.717) is 5.69 Å². The first-order valence-electron chi connectivity index (χ1n) is 6.69. The molecule has 0 saturated heterocycles. The Hall–Kier alpha value is -2.21. The highest BCUT2D eigenvalue weighted by atomic mass is 19.1. The molecule has 5 nitrogen and oxygen atoms in total. The van der Waals surface area contributed by atoms with E-state index in [4.69, 9.17) is 4.52 Å². The highest BCUT2D eigenvalue weighted by molar-refractivity contribution is 5.92. The van der Waals surface area contributed by atoms with Crippen molar-refractivity contribution in [3.63, 3.8) is 0 Å². The Labute approximate surface area is 122 Å². The number of hydrogen-bond acceptors (Lipinski definition) is 4.